The molecule has 182 valence electrons. The molecular weight excluding hydrogens is 495 g/mol. The molecule has 0 aliphatic rings. The van der Waals surface area contributed by atoms with Crippen molar-refractivity contribution in [3.05, 3.63) is 94.8 Å². The van der Waals surface area contributed by atoms with Crippen LogP contribution in [0.1, 0.15) is 18.1 Å². The summed E-state index contributed by atoms with van der Waals surface area (Å²) >= 11 is 5.93. The smallest absolute Gasteiger partial charge is 0.255 e. The van der Waals surface area contributed by atoms with E-state index in [4.69, 9.17) is 11.6 Å². The highest BCUT2D eigenvalue weighted by molar-refractivity contribution is 7.89. The first kappa shape index (κ1) is 26.0. The van der Waals surface area contributed by atoms with Crippen molar-refractivity contribution >= 4 is 45.3 Å². The molecule has 0 saturated carbocycles. The van der Waals surface area contributed by atoms with Gasteiger partial charge >= 0.3 is 0 Å². The summed E-state index contributed by atoms with van der Waals surface area (Å²) in [4.78, 5) is 23.7. The fourth-order valence-electron chi connectivity index (χ4n) is 3.07. The first-order chi connectivity index (χ1) is 16.7. The van der Waals surface area contributed by atoms with Crippen molar-refractivity contribution in [3.8, 4) is 0 Å². The lowest BCUT2D eigenvalue weighted by molar-refractivity contribution is -0.121. The summed E-state index contributed by atoms with van der Waals surface area (Å²) in [6, 6.07) is 18.5. The normalized spacial score (nSPS) is 11.5. The molecule has 35 heavy (non-hydrogen) atoms. The molecule has 0 heterocycles. The summed E-state index contributed by atoms with van der Waals surface area (Å²) in [7, 11) is -4.10. The van der Waals surface area contributed by atoms with E-state index in [1.807, 2.05) is 0 Å². The number of rotatable bonds is 9. The first-order valence-corrected chi connectivity index (χ1v) is 12.2. The summed E-state index contributed by atoms with van der Waals surface area (Å²) in [6.07, 6.45) is 1.05. The molecule has 3 rings (SSSR count). The molecule has 3 aromatic rings. The van der Waals surface area contributed by atoms with Gasteiger partial charge in [0.15, 0.2) is 0 Å². The monoisotopic (exact) mass is 516 g/mol. The van der Waals surface area contributed by atoms with Gasteiger partial charge in [-0.3, -0.25) is 9.59 Å². The highest BCUT2D eigenvalue weighted by atomic mass is 35.5. The van der Waals surface area contributed by atoms with Gasteiger partial charge < -0.3 is 5.32 Å². The molecule has 0 aliphatic carbocycles. The minimum Gasteiger partial charge on any atom is -0.326 e. The molecule has 11 heteroatoms. The van der Waals surface area contributed by atoms with E-state index in [0.29, 0.717) is 11.3 Å². The SMILES string of the molecule is CC(=O)Nc1ccc(S(=O)(=O)N(CC(=O)N/N=C\c2c(F)cccc2Cl)Cc2ccccc2)cc1. The lowest BCUT2D eigenvalue weighted by Crippen LogP contribution is -2.39. The number of nitrogens with zero attached hydrogens (tertiary/aromatic N) is 2. The number of carbonyl (C=O) groups excluding carboxylic acids is 2. The molecule has 2 amide bonds. The third kappa shape index (κ3) is 7.19. The molecular formula is C24H22ClFN4O4S. The van der Waals surface area contributed by atoms with Crippen LogP contribution in [0, 0.1) is 5.82 Å². The molecule has 0 bridgehead atoms. The maximum absolute atomic E-state index is 13.9. The summed E-state index contributed by atoms with van der Waals surface area (Å²) in [5.74, 6) is -1.64. The quantitative estimate of drug-likeness (QED) is 0.333. The third-order valence-corrected chi connectivity index (χ3v) is 6.85. The van der Waals surface area contributed by atoms with Gasteiger partial charge in [0.1, 0.15) is 5.82 Å². The average Bonchev–Trinajstić information content (AvgIpc) is 2.81. The number of sulfonamides is 1. The number of amides is 2. The van der Waals surface area contributed by atoms with Crippen molar-refractivity contribution in [3.63, 3.8) is 0 Å². The van der Waals surface area contributed by atoms with Crippen LogP contribution in [0.15, 0.2) is 82.8 Å². The second-order valence-corrected chi connectivity index (χ2v) is 9.74. The van der Waals surface area contributed by atoms with E-state index in [1.54, 1.807) is 30.3 Å². The van der Waals surface area contributed by atoms with Gasteiger partial charge in [-0.15, -0.1) is 0 Å². The number of hydrogen-bond donors (Lipinski definition) is 2. The van der Waals surface area contributed by atoms with E-state index in [2.05, 4.69) is 15.8 Å². The van der Waals surface area contributed by atoms with E-state index < -0.39 is 28.3 Å². The van der Waals surface area contributed by atoms with Crippen molar-refractivity contribution in [1.82, 2.24) is 9.73 Å². The van der Waals surface area contributed by atoms with Crippen LogP contribution >= 0.6 is 11.6 Å². The van der Waals surface area contributed by atoms with Gasteiger partial charge in [0.05, 0.1) is 22.7 Å². The van der Waals surface area contributed by atoms with Crippen molar-refractivity contribution in [2.24, 2.45) is 5.10 Å². The van der Waals surface area contributed by atoms with Gasteiger partial charge in [-0.05, 0) is 42.0 Å². The minimum absolute atomic E-state index is 0.0116. The lowest BCUT2D eigenvalue weighted by Gasteiger charge is -2.21. The largest absolute Gasteiger partial charge is 0.326 e. The number of anilines is 1. The predicted octanol–water partition coefficient (Wildman–Crippen LogP) is 3.78. The Morgan fingerprint density at radius 2 is 1.71 bits per heavy atom. The zero-order chi connectivity index (χ0) is 25.4. The van der Waals surface area contributed by atoms with E-state index in [0.717, 1.165) is 10.5 Å². The molecule has 0 unspecified atom stereocenters. The van der Waals surface area contributed by atoms with Crippen LogP contribution < -0.4 is 10.7 Å². The van der Waals surface area contributed by atoms with Gasteiger partial charge in [-0.2, -0.15) is 9.41 Å². The van der Waals surface area contributed by atoms with Crippen LogP contribution in [-0.2, 0) is 26.2 Å². The van der Waals surface area contributed by atoms with E-state index in [9.17, 15) is 22.4 Å². The maximum Gasteiger partial charge on any atom is 0.255 e. The predicted molar refractivity (Wildman–Crippen MR) is 132 cm³/mol. The number of benzene rings is 3. The zero-order valence-electron chi connectivity index (χ0n) is 18.6. The maximum atomic E-state index is 13.9. The van der Waals surface area contributed by atoms with Crippen LogP contribution in [0.5, 0.6) is 0 Å². The van der Waals surface area contributed by atoms with E-state index in [1.165, 1.54) is 49.4 Å². The number of nitrogens with one attached hydrogen (secondary N) is 2. The Bertz CT molecular complexity index is 1310. The van der Waals surface area contributed by atoms with Gasteiger partial charge in [-0.25, -0.2) is 18.2 Å². The van der Waals surface area contributed by atoms with Crippen LogP contribution in [0.4, 0.5) is 10.1 Å². The van der Waals surface area contributed by atoms with Crippen LogP contribution in [-0.4, -0.2) is 37.3 Å². The fraction of sp³-hybridized carbons (Fsp3) is 0.125. The highest BCUT2D eigenvalue weighted by Crippen LogP contribution is 2.21. The molecule has 3 aromatic carbocycles. The standard InChI is InChI=1S/C24H22ClFN4O4S/c1-17(31)28-19-10-12-20(13-11-19)35(33,34)30(15-18-6-3-2-4-7-18)16-24(32)29-27-14-21-22(25)8-5-9-23(21)26/h2-14H,15-16H2,1H3,(H,28,31)(H,29,32)/b27-14-. The average molecular weight is 517 g/mol. The van der Waals surface area contributed by atoms with Crippen molar-refractivity contribution in [2.75, 3.05) is 11.9 Å². The summed E-state index contributed by atoms with van der Waals surface area (Å²) in [5, 5.41) is 6.38. The zero-order valence-corrected chi connectivity index (χ0v) is 20.2. The van der Waals surface area contributed by atoms with Gasteiger partial charge in [0.2, 0.25) is 15.9 Å². The Morgan fingerprint density at radius 1 is 1.03 bits per heavy atom. The van der Waals surface area contributed by atoms with Crippen molar-refractivity contribution in [2.45, 2.75) is 18.4 Å². The Balaban J connectivity index is 1.80. The molecule has 0 spiro atoms. The van der Waals surface area contributed by atoms with Crippen molar-refractivity contribution in [1.29, 1.82) is 0 Å². The number of hydrogen-bond acceptors (Lipinski definition) is 5. The third-order valence-electron chi connectivity index (χ3n) is 4.72. The Labute approximate surface area is 207 Å². The van der Waals surface area contributed by atoms with Gasteiger partial charge in [0, 0.05) is 24.7 Å². The second kappa shape index (κ2) is 11.7. The molecule has 2 N–H and O–H groups in total. The molecule has 0 radical (unpaired) electrons. The summed E-state index contributed by atoms with van der Waals surface area (Å²) in [5.41, 5.74) is 3.30. The van der Waals surface area contributed by atoms with E-state index >= 15 is 0 Å². The lowest BCUT2D eigenvalue weighted by atomic mass is 10.2. The fourth-order valence-corrected chi connectivity index (χ4v) is 4.67. The van der Waals surface area contributed by atoms with Crippen LogP contribution in [0.25, 0.3) is 0 Å². The molecule has 0 fully saturated rings. The Kier molecular flexibility index (Phi) is 8.69. The highest BCUT2D eigenvalue weighted by Gasteiger charge is 2.27. The molecule has 8 nitrogen and oxygen atoms in total. The van der Waals surface area contributed by atoms with Gasteiger partial charge in [0.25, 0.3) is 5.91 Å². The summed E-state index contributed by atoms with van der Waals surface area (Å²) < 4.78 is 41.6. The Morgan fingerprint density at radius 3 is 2.34 bits per heavy atom. The molecule has 0 aromatic heterocycles. The molecule has 0 saturated heterocycles. The topological polar surface area (TPSA) is 108 Å². The van der Waals surface area contributed by atoms with Crippen molar-refractivity contribution < 1.29 is 22.4 Å². The van der Waals surface area contributed by atoms with E-state index in [-0.39, 0.29) is 27.9 Å². The number of carbonyl (C=O) groups is 2. The molecule has 0 atom stereocenters. The number of hydrazone groups is 1. The Hall–Kier alpha value is -3.60. The van der Waals surface area contributed by atoms with Gasteiger partial charge in [-0.1, -0.05) is 48.0 Å². The first-order valence-electron chi connectivity index (χ1n) is 10.3. The van der Waals surface area contributed by atoms with Crippen LogP contribution in [0.2, 0.25) is 5.02 Å². The number of halogens is 2. The summed E-state index contributed by atoms with van der Waals surface area (Å²) in [6.45, 7) is 0.716. The van der Waals surface area contributed by atoms with Crippen LogP contribution in [0.3, 0.4) is 0 Å². The molecule has 0 aliphatic heterocycles. The minimum atomic E-state index is -4.10. The second-order valence-electron chi connectivity index (χ2n) is 7.39.